The molecule has 0 heterocycles. The second-order valence-electron chi connectivity index (χ2n) is 5.34. The van der Waals surface area contributed by atoms with Gasteiger partial charge in [-0.3, -0.25) is 35.3 Å². The van der Waals surface area contributed by atoms with E-state index in [1.54, 1.807) is 24.3 Å². The lowest BCUT2D eigenvalue weighted by atomic mass is 10.1. The average molecular weight is 359 g/mol. The van der Waals surface area contributed by atoms with Crippen molar-refractivity contribution in [2.45, 2.75) is 0 Å². The van der Waals surface area contributed by atoms with Crippen molar-refractivity contribution >= 4 is 34.7 Å². The lowest BCUT2D eigenvalue weighted by Crippen LogP contribution is -2.07. The van der Waals surface area contributed by atoms with Gasteiger partial charge >= 0.3 is 0 Å². The third-order valence-corrected chi connectivity index (χ3v) is 3.43. The fourth-order valence-electron chi connectivity index (χ4n) is 2.12. The molecule has 0 saturated heterocycles. The second kappa shape index (κ2) is 7.34. The molecule has 0 saturated carbocycles. The van der Waals surface area contributed by atoms with Crippen LogP contribution in [0.15, 0.2) is 41.4 Å². The summed E-state index contributed by atoms with van der Waals surface area (Å²) in [6, 6.07) is 8.12. The van der Waals surface area contributed by atoms with Gasteiger partial charge in [0.25, 0.3) is 17.1 Å². The maximum absolute atomic E-state index is 11.2. The molecular formula is C15H13N5O6. The largest absolute Gasteiger partial charge is 0.378 e. The summed E-state index contributed by atoms with van der Waals surface area (Å²) in [6.07, 6.45) is 0.963. The highest BCUT2D eigenvalue weighted by molar-refractivity contribution is 5.93. The van der Waals surface area contributed by atoms with E-state index in [1.807, 2.05) is 19.0 Å². The van der Waals surface area contributed by atoms with Crippen LogP contribution in [0.2, 0.25) is 0 Å². The second-order valence-corrected chi connectivity index (χ2v) is 5.34. The van der Waals surface area contributed by atoms with Crippen molar-refractivity contribution in [2.24, 2.45) is 4.99 Å². The Kier molecular flexibility index (Phi) is 5.21. The van der Waals surface area contributed by atoms with Gasteiger partial charge in [-0.2, -0.15) is 0 Å². The molecule has 2 rings (SSSR count). The number of nitrogens with zero attached hydrogens (tertiary/aromatic N) is 5. The average Bonchev–Trinajstić information content (AvgIpc) is 2.59. The van der Waals surface area contributed by atoms with E-state index in [2.05, 4.69) is 4.99 Å². The van der Waals surface area contributed by atoms with Crippen LogP contribution in [0.1, 0.15) is 5.56 Å². The number of benzene rings is 2. The van der Waals surface area contributed by atoms with Gasteiger partial charge in [0.05, 0.1) is 32.6 Å². The van der Waals surface area contributed by atoms with Gasteiger partial charge in [-0.15, -0.1) is 0 Å². The van der Waals surface area contributed by atoms with Crippen LogP contribution in [0, 0.1) is 30.3 Å². The molecule has 0 aliphatic rings. The van der Waals surface area contributed by atoms with E-state index in [0.717, 1.165) is 11.9 Å². The molecule has 0 radical (unpaired) electrons. The molecule has 0 N–H and O–H groups in total. The summed E-state index contributed by atoms with van der Waals surface area (Å²) < 4.78 is 0. The molecule has 2 aromatic rings. The van der Waals surface area contributed by atoms with E-state index >= 15 is 0 Å². The monoisotopic (exact) mass is 359 g/mol. The molecular weight excluding hydrogens is 346 g/mol. The number of hydrogen-bond donors (Lipinski definition) is 0. The van der Waals surface area contributed by atoms with E-state index in [9.17, 15) is 30.3 Å². The van der Waals surface area contributed by atoms with Crippen LogP contribution in [0.3, 0.4) is 0 Å². The smallest absolute Gasteiger partial charge is 0.291 e. The summed E-state index contributed by atoms with van der Waals surface area (Å²) >= 11 is 0. The zero-order valence-corrected chi connectivity index (χ0v) is 13.7. The highest BCUT2D eigenvalue weighted by Crippen LogP contribution is 2.33. The predicted octanol–water partition coefficient (Wildman–Crippen LogP) is 3.23. The number of rotatable bonds is 6. The Bertz CT molecular complexity index is 872. The van der Waals surface area contributed by atoms with Crippen molar-refractivity contribution in [3.8, 4) is 0 Å². The normalized spacial score (nSPS) is 10.7. The maximum atomic E-state index is 11.2. The zero-order chi connectivity index (χ0) is 19.4. The standard InChI is InChI=1S/C15H13N5O6/c1-17(2)11-5-3-10(4-6-11)16-9-13-14(19(23)24)7-12(18(21)22)8-15(13)20(25)26/h3-9H,1-2H3. The van der Waals surface area contributed by atoms with Gasteiger partial charge < -0.3 is 4.90 Å². The Balaban J connectivity index is 2.54. The Hall–Kier alpha value is -3.89. The molecule has 26 heavy (non-hydrogen) atoms. The Morgan fingerprint density at radius 2 is 1.38 bits per heavy atom. The summed E-state index contributed by atoms with van der Waals surface area (Å²) in [7, 11) is 3.70. The van der Waals surface area contributed by atoms with Crippen LogP contribution in [0.4, 0.5) is 28.4 Å². The fraction of sp³-hybridized carbons (Fsp3) is 0.133. The van der Waals surface area contributed by atoms with Gasteiger partial charge in [-0.05, 0) is 24.3 Å². The van der Waals surface area contributed by atoms with Gasteiger partial charge in [0, 0.05) is 26.0 Å². The van der Waals surface area contributed by atoms with Gasteiger partial charge in [-0.25, -0.2) is 0 Å². The minimum Gasteiger partial charge on any atom is -0.378 e. The van der Waals surface area contributed by atoms with Gasteiger partial charge in [0.1, 0.15) is 5.56 Å². The molecule has 11 nitrogen and oxygen atoms in total. The molecule has 0 aliphatic carbocycles. The third kappa shape index (κ3) is 3.95. The highest BCUT2D eigenvalue weighted by atomic mass is 16.6. The van der Waals surface area contributed by atoms with E-state index in [-0.39, 0.29) is 0 Å². The summed E-state index contributed by atoms with van der Waals surface area (Å²) in [5.74, 6) is 0. The number of nitro benzene ring substituents is 3. The Labute approximate surface area is 146 Å². The van der Waals surface area contributed by atoms with Crippen molar-refractivity contribution < 1.29 is 14.8 Å². The summed E-state index contributed by atoms with van der Waals surface area (Å²) in [4.78, 5) is 36.3. The molecule has 11 heteroatoms. The molecule has 0 unspecified atom stereocenters. The molecule has 0 fully saturated rings. The minimum absolute atomic E-state index is 0.414. The van der Waals surface area contributed by atoms with Crippen LogP contribution in [-0.4, -0.2) is 35.1 Å². The molecule has 0 aromatic heterocycles. The van der Waals surface area contributed by atoms with Crippen molar-refractivity contribution in [1.82, 2.24) is 0 Å². The predicted molar refractivity (Wildman–Crippen MR) is 94.4 cm³/mol. The third-order valence-electron chi connectivity index (χ3n) is 3.43. The number of nitro groups is 3. The molecule has 0 atom stereocenters. The Morgan fingerprint density at radius 3 is 1.77 bits per heavy atom. The molecule has 0 aliphatic heterocycles. The summed E-state index contributed by atoms with van der Waals surface area (Å²) in [6.45, 7) is 0. The van der Waals surface area contributed by atoms with Crippen molar-refractivity contribution in [2.75, 3.05) is 19.0 Å². The van der Waals surface area contributed by atoms with Crippen LogP contribution in [0.5, 0.6) is 0 Å². The number of non-ortho nitro benzene ring substituents is 1. The van der Waals surface area contributed by atoms with Gasteiger partial charge in [0.2, 0.25) is 0 Å². The molecule has 0 bridgehead atoms. The summed E-state index contributed by atoms with van der Waals surface area (Å²) in [5, 5.41) is 33.2. The quantitative estimate of drug-likeness (QED) is 0.437. The lowest BCUT2D eigenvalue weighted by Gasteiger charge is -2.11. The summed E-state index contributed by atoms with van der Waals surface area (Å²) in [5.41, 5.74) is -1.37. The lowest BCUT2D eigenvalue weighted by molar-refractivity contribution is -0.403. The van der Waals surface area contributed by atoms with Crippen LogP contribution < -0.4 is 4.90 Å². The molecule has 2 aromatic carbocycles. The molecule has 134 valence electrons. The number of anilines is 1. The van der Waals surface area contributed by atoms with E-state index < -0.39 is 37.4 Å². The van der Waals surface area contributed by atoms with E-state index in [1.165, 1.54) is 0 Å². The van der Waals surface area contributed by atoms with E-state index in [4.69, 9.17) is 0 Å². The first-order chi connectivity index (χ1) is 12.2. The van der Waals surface area contributed by atoms with Gasteiger partial charge in [0.15, 0.2) is 0 Å². The first kappa shape index (κ1) is 18.4. The number of aliphatic imine (C=N–C) groups is 1. The SMILES string of the molecule is CN(C)c1ccc(N=Cc2c([N+](=O)[O-])cc([N+](=O)[O-])cc2[N+](=O)[O-])cc1. The van der Waals surface area contributed by atoms with Crippen molar-refractivity contribution in [3.05, 3.63) is 72.3 Å². The van der Waals surface area contributed by atoms with Crippen LogP contribution >= 0.6 is 0 Å². The van der Waals surface area contributed by atoms with E-state index in [0.29, 0.717) is 17.8 Å². The van der Waals surface area contributed by atoms with Crippen molar-refractivity contribution in [3.63, 3.8) is 0 Å². The van der Waals surface area contributed by atoms with Crippen molar-refractivity contribution in [1.29, 1.82) is 0 Å². The fourth-order valence-corrected chi connectivity index (χ4v) is 2.12. The topological polar surface area (TPSA) is 145 Å². The first-order valence-electron chi connectivity index (χ1n) is 7.13. The Morgan fingerprint density at radius 1 is 0.885 bits per heavy atom. The zero-order valence-electron chi connectivity index (χ0n) is 13.7. The van der Waals surface area contributed by atoms with Crippen LogP contribution in [-0.2, 0) is 0 Å². The highest BCUT2D eigenvalue weighted by Gasteiger charge is 2.29. The minimum atomic E-state index is -0.930. The maximum Gasteiger partial charge on any atom is 0.291 e. The van der Waals surface area contributed by atoms with Crippen LogP contribution in [0.25, 0.3) is 0 Å². The first-order valence-corrected chi connectivity index (χ1v) is 7.13. The number of hydrogen-bond acceptors (Lipinski definition) is 8. The molecule has 0 spiro atoms. The van der Waals surface area contributed by atoms with Gasteiger partial charge in [-0.1, -0.05) is 0 Å². The molecule has 0 amide bonds.